The molecule has 0 unspecified atom stereocenters. The van der Waals surface area contributed by atoms with Gasteiger partial charge in [-0.2, -0.15) is 0 Å². The SMILES string of the molecule is CC(C)CN(CC(=O)O)C(=O)c1cc(F)cc(Br)c1. The number of hydrogen-bond donors (Lipinski definition) is 1. The highest BCUT2D eigenvalue weighted by Crippen LogP contribution is 2.17. The van der Waals surface area contributed by atoms with Gasteiger partial charge in [-0.25, -0.2) is 4.39 Å². The molecule has 0 aliphatic heterocycles. The van der Waals surface area contributed by atoms with Gasteiger partial charge in [0.15, 0.2) is 0 Å². The van der Waals surface area contributed by atoms with Crippen molar-refractivity contribution in [2.24, 2.45) is 5.92 Å². The fourth-order valence-corrected chi connectivity index (χ4v) is 2.15. The minimum atomic E-state index is -1.09. The fraction of sp³-hybridized carbons (Fsp3) is 0.385. The molecule has 0 spiro atoms. The van der Waals surface area contributed by atoms with Gasteiger partial charge in [0, 0.05) is 16.6 Å². The van der Waals surface area contributed by atoms with E-state index in [0.29, 0.717) is 11.0 Å². The zero-order valence-corrected chi connectivity index (χ0v) is 12.3. The van der Waals surface area contributed by atoms with Crippen molar-refractivity contribution in [1.29, 1.82) is 0 Å². The molecule has 1 N–H and O–H groups in total. The Morgan fingerprint density at radius 1 is 1.37 bits per heavy atom. The third kappa shape index (κ3) is 4.98. The molecular formula is C13H15BrFNO3. The second kappa shape index (κ2) is 6.65. The van der Waals surface area contributed by atoms with Crippen molar-refractivity contribution in [2.45, 2.75) is 13.8 Å². The maximum Gasteiger partial charge on any atom is 0.323 e. The number of amides is 1. The van der Waals surface area contributed by atoms with Crippen LogP contribution < -0.4 is 0 Å². The van der Waals surface area contributed by atoms with Crippen molar-refractivity contribution in [1.82, 2.24) is 4.90 Å². The number of rotatable bonds is 5. The van der Waals surface area contributed by atoms with Crippen molar-refractivity contribution < 1.29 is 19.1 Å². The number of carboxylic acid groups (broad SMARTS) is 1. The summed E-state index contributed by atoms with van der Waals surface area (Å²) in [5.41, 5.74) is 0.133. The lowest BCUT2D eigenvalue weighted by molar-refractivity contribution is -0.137. The molecule has 0 fully saturated rings. The molecule has 0 atom stereocenters. The summed E-state index contributed by atoms with van der Waals surface area (Å²) in [6.45, 7) is 3.66. The first-order chi connectivity index (χ1) is 8.79. The molecule has 0 bridgehead atoms. The van der Waals surface area contributed by atoms with E-state index in [1.54, 1.807) is 0 Å². The van der Waals surface area contributed by atoms with Gasteiger partial charge in [-0.3, -0.25) is 9.59 Å². The first-order valence-electron chi connectivity index (χ1n) is 5.76. The minimum Gasteiger partial charge on any atom is -0.480 e. The van der Waals surface area contributed by atoms with Gasteiger partial charge in [0.2, 0.25) is 0 Å². The molecule has 0 heterocycles. The molecule has 0 aliphatic rings. The highest BCUT2D eigenvalue weighted by Gasteiger charge is 2.20. The lowest BCUT2D eigenvalue weighted by atomic mass is 10.1. The predicted molar refractivity (Wildman–Crippen MR) is 72.5 cm³/mol. The Balaban J connectivity index is 3.00. The van der Waals surface area contributed by atoms with Crippen LogP contribution >= 0.6 is 15.9 Å². The van der Waals surface area contributed by atoms with E-state index < -0.39 is 24.2 Å². The molecule has 19 heavy (non-hydrogen) atoms. The number of hydrogen-bond acceptors (Lipinski definition) is 2. The number of carbonyl (C=O) groups excluding carboxylic acids is 1. The van der Waals surface area contributed by atoms with Crippen molar-refractivity contribution in [2.75, 3.05) is 13.1 Å². The van der Waals surface area contributed by atoms with Crippen LogP contribution in [-0.4, -0.2) is 35.0 Å². The summed E-state index contributed by atoms with van der Waals surface area (Å²) in [5, 5.41) is 8.82. The molecular weight excluding hydrogens is 317 g/mol. The largest absolute Gasteiger partial charge is 0.480 e. The Kier molecular flexibility index (Phi) is 5.47. The van der Waals surface area contributed by atoms with E-state index in [9.17, 15) is 14.0 Å². The molecule has 6 heteroatoms. The second-order valence-corrected chi connectivity index (χ2v) is 5.55. The standard InChI is InChI=1S/C13H15BrFNO3/c1-8(2)6-16(7-12(17)18)13(19)9-3-10(14)5-11(15)4-9/h3-5,8H,6-7H2,1-2H3,(H,17,18). The number of nitrogens with zero attached hydrogens (tertiary/aromatic N) is 1. The predicted octanol–water partition coefficient (Wildman–Crippen LogP) is 2.77. The summed E-state index contributed by atoms with van der Waals surface area (Å²) >= 11 is 3.11. The normalized spacial score (nSPS) is 10.6. The van der Waals surface area contributed by atoms with Crippen LogP contribution in [0.2, 0.25) is 0 Å². The molecule has 1 amide bonds. The van der Waals surface area contributed by atoms with Crippen LogP contribution in [0.4, 0.5) is 4.39 Å². The molecule has 0 radical (unpaired) electrons. The Hall–Kier alpha value is -1.43. The van der Waals surface area contributed by atoms with E-state index in [1.807, 2.05) is 13.8 Å². The van der Waals surface area contributed by atoms with E-state index in [4.69, 9.17) is 5.11 Å². The zero-order chi connectivity index (χ0) is 14.6. The number of aliphatic carboxylic acids is 1. The zero-order valence-electron chi connectivity index (χ0n) is 10.7. The number of halogens is 2. The summed E-state index contributed by atoms with van der Waals surface area (Å²) in [5.74, 6) is -2.00. The number of benzene rings is 1. The van der Waals surface area contributed by atoms with Crippen LogP contribution in [0.1, 0.15) is 24.2 Å². The average Bonchev–Trinajstić information content (AvgIpc) is 2.24. The topological polar surface area (TPSA) is 57.6 Å². The summed E-state index contributed by atoms with van der Waals surface area (Å²) in [7, 11) is 0. The Bertz CT molecular complexity index is 471. The van der Waals surface area contributed by atoms with Crippen LogP contribution in [0.25, 0.3) is 0 Å². The lowest BCUT2D eigenvalue weighted by Gasteiger charge is -2.22. The maximum absolute atomic E-state index is 13.3. The van der Waals surface area contributed by atoms with Gasteiger partial charge >= 0.3 is 5.97 Å². The van der Waals surface area contributed by atoms with E-state index in [2.05, 4.69) is 15.9 Å². The molecule has 0 aliphatic carbocycles. The molecule has 4 nitrogen and oxygen atoms in total. The second-order valence-electron chi connectivity index (χ2n) is 4.63. The molecule has 1 rings (SSSR count). The molecule has 104 valence electrons. The van der Waals surface area contributed by atoms with Gasteiger partial charge in [0.25, 0.3) is 5.91 Å². The van der Waals surface area contributed by atoms with E-state index in [1.165, 1.54) is 17.0 Å². The molecule has 0 saturated heterocycles. The third-order valence-electron chi connectivity index (χ3n) is 2.31. The van der Waals surface area contributed by atoms with Crippen LogP contribution in [0, 0.1) is 11.7 Å². The Labute approximate surface area is 119 Å². The Morgan fingerprint density at radius 2 is 2.00 bits per heavy atom. The van der Waals surface area contributed by atoms with E-state index in [-0.39, 0.29) is 11.5 Å². The summed E-state index contributed by atoms with van der Waals surface area (Å²) in [6.07, 6.45) is 0. The first-order valence-corrected chi connectivity index (χ1v) is 6.56. The van der Waals surface area contributed by atoms with Gasteiger partial charge in [0.05, 0.1) is 0 Å². The van der Waals surface area contributed by atoms with Gasteiger partial charge in [-0.1, -0.05) is 29.8 Å². The smallest absolute Gasteiger partial charge is 0.323 e. The van der Waals surface area contributed by atoms with Crippen molar-refractivity contribution in [3.8, 4) is 0 Å². The lowest BCUT2D eigenvalue weighted by Crippen LogP contribution is -2.38. The van der Waals surface area contributed by atoms with Gasteiger partial charge in [0.1, 0.15) is 12.4 Å². The summed E-state index contributed by atoms with van der Waals surface area (Å²) < 4.78 is 13.7. The van der Waals surface area contributed by atoms with Crippen molar-refractivity contribution in [3.63, 3.8) is 0 Å². The minimum absolute atomic E-state index is 0.125. The monoisotopic (exact) mass is 331 g/mol. The highest BCUT2D eigenvalue weighted by atomic mass is 79.9. The highest BCUT2D eigenvalue weighted by molar-refractivity contribution is 9.10. The van der Waals surface area contributed by atoms with Crippen LogP contribution in [-0.2, 0) is 4.79 Å². The Morgan fingerprint density at radius 3 is 2.47 bits per heavy atom. The average molecular weight is 332 g/mol. The van der Waals surface area contributed by atoms with Crippen molar-refractivity contribution >= 4 is 27.8 Å². The fourth-order valence-electron chi connectivity index (χ4n) is 1.68. The quantitative estimate of drug-likeness (QED) is 0.902. The first kappa shape index (κ1) is 15.6. The number of carbonyl (C=O) groups is 2. The van der Waals surface area contributed by atoms with Crippen LogP contribution in [0.3, 0.4) is 0 Å². The van der Waals surface area contributed by atoms with Crippen molar-refractivity contribution in [3.05, 3.63) is 34.1 Å². The van der Waals surface area contributed by atoms with Crippen LogP contribution in [0.5, 0.6) is 0 Å². The van der Waals surface area contributed by atoms with Gasteiger partial charge < -0.3 is 10.0 Å². The summed E-state index contributed by atoms with van der Waals surface area (Å²) in [4.78, 5) is 24.2. The summed E-state index contributed by atoms with van der Waals surface area (Å²) in [6, 6.07) is 3.81. The molecule has 1 aromatic rings. The molecule has 0 saturated carbocycles. The third-order valence-corrected chi connectivity index (χ3v) is 2.77. The van der Waals surface area contributed by atoms with E-state index >= 15 is 0 Å². The van der Waals surface area contributed by atoms with Gasteiger partial charge in [-0.05, 0) is 24.1 Å². The molecule has 0 aromatic heterocycles. The maximum atomic E-state index is 13.3. The van der Waals surface area contributed by atoms with Gasteiger partial charge in [-0.15, -0.1) is 0 Å². The molecule has 1 aromatic carbocycles. The van der Waals surface area contributed by atoms with E-state index in [0.717, 1.165) is 6.07 Å². The van der Waals surface area contributed by atoms with Crippen LogP contribution in [0.15, 0.2) is 22.7 Å². The number of carboxylic acids is 1.